The van der Waals surface area contributed by atoms with Crippen LogP contribution in [0.2, 0.25) is 15.1 Å². The van der Waals surface area contributed by atoms with E-state index in [1.807, 2.05) is 0 Å². The summed E-state index contributed by atoms with van der Waals surface area (Å²) in [5, 5.41) is 3.44. The number of carbonyl (C=O) groups excluding carboxylic acids is 1. The van der Waals surface area contributed by atoms with Crippen molar-refractivity contribution in [3.8, 4) is 0 Å². The van der Waals surface area contributed by atoms with E-state index in [1.165, 1.54) is 24.3 Å². The molecule has 0 aliphatic heterocycles. The Bertz CT molecular complexity index is 870. The Labute approximate surface area is 148 Å². The molecule has 9 heteroatoms. The molecule has 0 saturated heterocycles. The summed E-state index contributed by atoms with van der Waals surface area (Å²) in [4.78, 5) is 12.2. The smallest absolute Gasteiger partial charge is 0.255 e. The van der Waals surface area contributed by atoms with Crippen LogP contribution in [-0.2, 0) is 10.0 Å². The third kappa shape index (κ3) is 5.00. The van der Waals surface area contributed by atoms with Crippen LogP contribution in [0.4, 0.5) is 11.4 Å². The number of sulfonamides is 1. The van der Waals surface area contributed by atoms with Crippen LogP contribution in [0.1, 0.15) is 10.4 Å². The Morgan fingerprint density at radius 2 is 1.65 bits per heavy atom. The Hall–Kier alpha value is -1.47. The summed E-state index contributed by atoms with van der Waals surface area (Å²) >= 11 is 17.7. The lowest BCUT2D eigenvalue weighted by Gasteiger charge is -2.09. The molecule has 0 aliphatic carbocycles. The molecule has 2 aromatic carbocycles. The van der Waals surface area contributed by atoms with Crippen molar-refractivity contribution in [2.75, 3.05) is 16.3 Å². The molecule has 5 nitrogen and oxygen atoms in total. The first kappa shape index (κ1) is 17.9. The van der Waals surface area contributed by atoms with Crippen molar-refractivity contribution >= 4 is 62.1 Å². The molecule has 0 radical (unpaired) electrons. The summed E-state index contributed by atoms with van der Waals surface area (Å²) in [5.74, 6) is -0.420. The van der Waals surface area contributed by atoms with E-state index in [0.29, 0.717) is 15.7 Å². The Kier molecular flexibility index (Phi) is 5.41. The molecule has 0 atom stereocenters. The van der Waals surface area contributed by atoms with Crippen molar-refractivity contribution in [3.05, 3.63) is 57.0 Å². The van der Waals surface area contributed by atoms with Crippen LogP contribution < -0.4 is 10.0 Å². The molecule has 1 amide bonds. The Balaban J connectivity index is 2.19. The monoisotopic (exact) mass is 392 g/mol. The van der Waals surface area contributed by atoms with E-state index in [4.69, 9.17) is 34.8 Å². The SMILES string of the molecule is CS(=O)(=O)Nc1ccc(C(=O)Nc2ccc(Cl)c(Cl)c2)cc1Cl. The van der Waals surface area contributed by atoms with Gasteiger partial charge in [-0.3, -0.25) is 9.52 Å². The lowest BCUT2D eigenvalue weighted by atomic mass is 10.2. The summed E-state index contributed by atoms with van der Waals surface area (Å²) in [6, 6.07) is 8.91. The fourth-order valence-electron chi connectivity index (χ4n) is 1.72. The van der Waals surface area contributed by atoms with Crippen molar-refractivity contribution in [2.45, 2.75) is 0 Å². The molecule has 0 fully saturated rings. The number of halogens is 3. The standard InChI is InChI=1S/C14H11Cl3N2O3S/c1-23(21,22)19-13-5-2-8(6-12(13)17)14(20)18-9-3-4-10(15)11(16)7-9/h2-7,19H,1H3,(H,18,20). The molecule has 0 bridgehead atoms. The molecule has 0 aromatic heterocycles. The maximum atomic E-state index is 12.2. The van der Waals surface area contributed by atoms with Gasteiger partial charge in [-0.25, -0.2) is 8.42 Å². The van der Waals surface area contributed by atoms with Crippen LogP contribution in [0.25, 0.3) is 0 Å². The van der Waals surface area contributed by atoms with Crippen LogP contribution in [0.15, 0.2) is 36.4 Å². The first-order chi connectivity index (χ1) is 10.7. The molecule has 23 heavy (non-hydrogen) atoms. The van der Waals surface area contributed by atoms with Gasteiger partial charge in [0, 0.05) is 11.3 Å². The average Bonchev–Trinajstić information content (AvgIpc) is 2.43. The van der Waals surface area contributed by atoms with Crippen LogP contribution in [-0.4, -0.2) is 20.6 Å². The highest BCUT2D eigenvalue weighted by molar-refractivity contribution is 7.92. The van der Waals surface area contributed by atoms with Gasteiger partial charge in [0.2, 0.25) is 10.0 Å². The third-order valence-electron chi connectivity index (χ3n) is 2.70. The summed E-state index contributed by atoms with van der Waals surface area (Å²) in [7, 11) is -3.45. The highest BCUT2D eigenvalue weighted by atomic mass is 35.5. The van der Waals surface area contributed by atoms with Crippen LogP contribution in [0.3, 0.4) is 0 Å². The normalized spacial score (nSPS) is 11.1. The van der Waals surface area contributed by atoms with Gasteiger partial charge in [0.15, 0.2) is 0 Å². The van der Waals surface area contributed by atoms with Gasteiger partial charge < -0.3 is 5.32 Å². The fourth-order valence-corrected chi connectivity index (χ4v) is 2.88. The Morgan fingerprint density at radius 1 is 0.957 bits per heavy atom. The first-order valence-corrected chi connectivity index (χ1v) is 9.22. The average molecular weight is 394 g/mol. The number of anilines is 2. The van der Waals surface area contributed by atoms with Gasteiger partial charge >= 0.3 is 0 Å². The highest BCUT2D eigenvalue weighted by Gasteiger charge is 2.12. The summed E-state index contributed by atoms with van der Waals surface area (Å²) < 4.78 is 24.7. The van der Waals surface area contributed by atoms with Crippen molar-refractivity contribution in [3.63, 3.8) is 0 Å². The summed E-state index contributed by atoms with van der Waals surface area (Å²) in [5.41, 5.74) is 0.930. The van der Waals surface area contributed by atoms with Gasteiger partial charge in [-0.1, -0.05) is 34.8 Å². The minimum absolute atomic E-state index is 0.109. The molecule has 0 spiro atoms. The largest absolute Gasteiger partial charge is 0.322 e. The van der Waals surface area contributed by atoms with Gasteiger partial charge in [-0.2, -0.15) is 0 Å². The summed E-state index contributed by atoms with van der Waals surface area (Å²) in [6.07, 6.45) is 1.01. The molecular formula is C14H11Cl3N2O3S. The van der Waals surface area contributed by atoms with E-state index >= 15 is 0 Å². The lowest BCUT2D eigenvalue weighted by Crippen LogP contribution is -2.13. The molecule has 0 heterocycles. The van der Waals surface area contributed by atoms with E-state index in [-0.39, 0.29) is 16.3 Å². The maximum Gasteiger partial charge on any atom is 0.255 e. The number of nitrogens with one attached hydrogen (secondary N) is 2. The van der Waals surface area contributed by atoms with E-state index in [2.05, 4.69) is 10.0 Å². The Morgan fingerprint density at radius 3 is 2.22 bits per heavy atom. The predicted octanol–water partition coefficient (Wildman–Crippen LogP) is 4.27. The lowest BCUT2D eigenvalue weighted by molar-refractivity contribution is 0.102. The maximum absolute atomic E-state index is 12.2. The molecule has 2 rings (SSSR count). The number of rotatable bonds is 4. The molecule has 0 aliphatic rings. The van der Waals surface area contributed by atoms with Crippen LogP contribution in [0.5, 0.6) is 0 Å². The summed E-state index contributed by atoms with van der Waals surface area (Å²) in [6.45, 7) is 0. The third-order valence-corrected chi connectivity index (χ3v) is 4.35. The van der Waals surface area contributed by atoms with Gasteiger partial charge in [-0.05, 0) is 36.4 Å². The second-order valence-corrected chi connectivity index (χ2v) is 7.62. The van der Waals surface area contributed by atoms with Gasteiger partial charge in [-0.15, -0.1) is 0 Å². The second kappa shape index (κ2) is 6.97. The minimum atomic E-state index is -3.45. The van der Waals surface area contributed by atoms with Gasteiger partial charge in [0.1, 0.15) is 0 Å². The minimum Gasteiger partial charge on any atom is -0.322 e. The molecule has 0 unspecified atom stereocenters. The molecule has 122 valence electrons. The van der Waals surface area contributed by atoms with Crippen molar-refractivity contribution in [1.82, 2.24) is 0 Å². The number of amides is 1. The number of carbonyl (C=O) groups is 1. The van der Waals surface area contributed by atoms with Crippen molar-refractivity contribution in [2.24, 2.45) is 0 Å². The van der Waals surface area contributed by atoms with E-state index in [1.54, 1.807) is 12.1 Å². The van der Waals surface area contributed by atoms with Crippen LogP contribution >= 0.6 is 34.8 Å². The molecular weight excluding hydrogens is 383 g/mol. The number of hydrogen-bond donors (Lipinski definition) is 2. The van der Waals surface area contributed by atoms with E-state index < -0.39 is 15.9 Å². The molecule has 0 saturated carbocycles. The topological polar surface area (TPSA) is 75.3 Å². The fraction of sp³-hybridized carbons (Fsp3) is 0.0714. The number of benzene rings is 2. The zero-order valence-electron chi connectivity index (χ0n) is 11.7. The zero-order chi connectivity index (χ0) is 17.2. The number of hydrogen-bond acceptors (Lipinski definition) is 3. The first-order valence-electron chi connectivity index (χ1n) is 6.19. The zero-order valence-corrected chi connectivity index (χ0v) is 14.8. The van der Waals surface area contributed by atoms with E-state index in [9.17, 15) is 13.2 Å². The van der Waals surface area contributed by atoms with Crippen LogP contribution in [0, 0.1) is 0 Å². The molecule has 2 N–H and O–H groups in total. The quantitative estimate of drug-likeness (QED) is 0.814. The van der Waals surface area contributed by atoms with Crippen molar-refractivity contribution < 1.29 is 13.2 Å². The highest BCUT2D eigenvalue weighted by Crippen LogP contribution is 2.27. The van der Waals surface area contributed by atoms with Gasteiger partial charge in [0.05, 0.1) is 27.0 Å². The van der Waals surface area contributed by atoms with E-state index in [0.717, 1.165) is 6.26 Å². The second-order valence-electron chi connectivity index (χ2n) is 4.65. The van der Waals surface area contributed by atoms with Crippen molar-refractivity contribution in [1.29, 1.82) is 0 Å². The predicted molar refractivity (Wildman–Crippen MR) is 94.3 cm³/mol. The van der Waals surface area contributed by atoms with Gasteiger partial charge in [0.25, 0.3) is 5.91 Å². The molecule has 2 aromatic rings.